The van der Waals surface area contributed by atoms with E-state index < -0.39 is 0 Å². The van der Waals surface area contributed by atoms with E-state index in [-0.39, 0.29) is 17.9 Å². The number of amides is 1. The molecule has 2 atom stereocenters. The number of benzene rings is 2. The first kappa shape index (κ1) is 21.4. The van der Waals surface area contributed by atoms with Crippen LogP contribution >= 0.6 is 34.8 Å². The normalized spacial score (nSPS) is 18.6. The smallest absolute Gasteiger partial charge is 0.227 e. The Morgan fingerprint density at radius 3 is 2.64 bits per heavy atom. The topological polar surface area (TPSA) is 41.6 Å². The number of halogens is 3. The van der Waals surface area contributed by atoms with Crippen molar-refractivity contribution in [2.75, 3.05) is 26.2 Å². The van der Waals surface area contributed by atoms with E-state index in [0.29, 0.717) is 28.2 Å². The molecule has 1 aliphatic rings. The zero-order valence-electron chi connectivity index (χ0n) is 15.6. The molecule has 1 saturated heterocycles. The summed E-state index contributed by atoms with van der Waals surface area (Å²) < 4.78 is 5.82. The van der Waals surface area contributed by atoms with Gasteiger partial charge in [-0.3, -0.25) is 9.69 Å². The van der Waals surface area contributed by atoms with E-state index >= 15 is 0 Å². The molecule has 7 heteroatoms. The molecule has 150 valence electrons. The van der Waals surface area contributed by atoms with Crippen molar-refractivity contribution in [3.8, 4) is 0 Å². The fourth-order valence-electron chi connectivity index (χ4n) is 3.21. The molecule has 0 bridgehead atoms. The quantitative estimate of drug-likeness (QED) is 0.702. The second kappa shape index (κ2) is 9.95. The molecule has 1 heterocycles. The van der Waals surface area contributed by atoms with Crippen LogP contribution in [-0.4, -0.2) is 43.2 Å². The number of rotatable bonds is 6. The summed E-state index contributed by atoms with van der Waals surface area (Å²) in [7, 11) is 0. The highest BCUT2D eigenvalue weighted by Gasteiger charge is 2.23. The number of nitrogens with zero attached hydrogens (tertiary/aromatic N) is 1. The zero-order valence-corrected chi connectivity index (χ0v) is 17.9. The highest BCUT2D eigenvalue weighted by molar-refractivity contribution is 6.42. The van der Waals surface area contributed by atoms with Crippen LogP contribution in [-0.2, 0) is 16.1 Å². The van der Waals surface area contributed by atoms with E-state index in [0.717, 1.165) is 30.8 Å². The third kappa shape index (κ3) is 5.85. The van der Waals surface area contributed by atoms with Crippen LogP contribution in [0.1, 0.15) is 24.0 Å². The van der Waals surface area contributed by atoms with Gasteiger partial charge in [-0.25, -0.2) is 0 Å². The first-order valence-electron chi connectivity index (χ1n) is 9.23. The summed E-state index contributed by atoms with van der Waals surface area (Å²) in [6, 6.07) is 13.0. The first-order valence-corrected chi connectivity index (χ1v) is 10.4. The van der Waals surface area contributed by atoms with Crippen LogP contribution in [0, 0.1) is 0 Å². The van der Waals surface area contributed by atoms with Crippen LogP contribution in [0.15, 0.2) is 42.5 Å². The molecule has 1 aliphatic heterocycles. The van der Waals surface area contributed by atoms with Crippen LogP contribution < -0.4 is 5.32 Å². The van der Waals surface area contributed by atoms with Gasteiger partial charge in [0.2, 0.25) is 5.91 Å². The summed E-state index contributed by atoms with van der Waals surface area (Å²) in [5, 5.41) is 4.79. The number of ether oxygens (including phenoxy) is 1. The highest BCUT2D eigenvalue weighted by atomic mass is 35.5. The molecule has 3 rings (SSSR count). The standard InChI is InChI=1S/C21H23Cl3N2O2/c1-14(16-3-5-17(22)6-4-16)21(27)25-11-18-13-26(8-9-28-18)12-15-2-7-19(23)20(24)10-15/h2-7,10,14,18H,8-9,11-13H2,1H3,(H,25,27). The van der Waals surface area contributed by atoms with E-state index in [9.17, 15) is 4.79 Å². The van der Waals surface area contributed by atoms with Gasteiger partial charge in [0.25, 0.3) is 0 Å². The number of carbonyl (C=O) groups is 1. The average molecular weight is 442 g/mol. The lowest BCUT2D eigenvalue weighted by Gasteiger charge is -2.33. The fourth-order valence-corrected chi connectivity index (χ4v) is 3.66. The van der Waals surface area contributed by atoms with Gasteiger partial charge in [-0.1, -0.05) is 53.0 Å². The van der Waals surface area contributed by atoms with Crippen molar-refractivity contribution in [1.29, 1.82) is 0 Å². The number of morpholine rings is 1. The third-order valence-corrected chi connectivity index (χ3v) is 5.87. The molecular weight excluding hydrogens is 419 g/mol. The first-order chi connectivity index (χ1) is 13.4. The van der Waals surface area contributed by atoms with E-state index in [2.05, 4.69) is 10.2 Å². The molecule has 2 aromatic carbocycles. The third-order valence-electron chi connectivity index (χ3n) is 4.88. The Balaban J connectivity index is 1.49. The van der Waals surface area contributed by atoms with Gasteiger partial charge in [0.05, 0.1) is 28.7 Å². The van der Waals surface area contributed by atoms with Crippen LogP contribution in [0.2, 0.25) is 15.1 Å². The van der Waals surface area contributed by atoms with Gasteiger partial charge in [0, 0.05) is 31.2 Å². The van der Waals surface area contributed by atoms with Gasteiger partial charge in [0.15, 0.2) is 0 Å². The molecule has 2 unspecified atom stereocenters. The van der Waals surface area contributed by atoms with Gasteiger partial charge in [-0.2, -0.15) is 0 Å². The van der Waals surface area contributed by atoms with Gasteiger partial charge >= 0.3 is 0 Å². The Labute approximate surface area is 180 Å². The van der Waals surface area contributed by atoms with E-state index in [4.69, 9.17) is 39.5 Å². The summed E-state index contributed by atoms with van der Waals surface area (Å²) in [5.74, 6) is -0.263. The lowest BCUT2D eigenvalue weighted by Crippen LogP contribution is -2.47. The number of hydrogen-bond acceptors (Lipinski definition) is 3. The maximum Gasteiger partial charge on any atom is 0.227 e. The van der Waals surface area contributed by atoms with E-state index in [1.807, 2.05) is 37.3 Å². The lowest BCUT2D eigenvalue weighted by molar-refractivity contribution is -0.123. The summed E-state index contributed by atoms with van der Waals surface area (Å²) >= 11 is 18.0. The monoisotopic (exact) mass is 440 g/mol. The van der Waals surface area contributed by atoms with Gasteiger partial charge in [-0.05, 0) is 42.3 Å². The van der Waals surface area contributed by atoms with Crippen molar-refractivity contribution >= 4 is 40.7 Å². The van der Waals surface area contributed by atoms with Crippen molar-refractivity contribution < 1.29 is 9.53 Å². The minimum atomic E-state index is -0.242. The predicted octanol–water partition coefficient (Wildman–Crippen LogP) is 4.77. The average Bonchev–Trinajstić information content (AvgIpc) is 2.69. The fraction of sp³-hybridized carbons (Fsp3) is 0.381. The van der Waals surface area contributed by atoms with Crippen molar-refractivity contribution in [3.63, 3.8) is 0 Å². The summed E-state index contributed by atoms with van der Waals surface area (Å²) in [6.07, 6.45) is -0.0436. The molecule has 28 heavy (non-hydrogen) atoms. The van der Waals surface area contributed by atoms with E-state index in [1.165, 1.54) is 0 Å². The Bertz CT molecular complexity index is 814. The molecule has 1 amide bonds. The molecule has 0 spiro atoms. The number of carbonyl (C=O) groups excluding carboxylic acids is 1. The van der Waals surface area contributed by atoms with Crippen molar-refractivity contribution in [3.05, 3.63) is 68.7 Å². The second-order valence-corrected chi connectivity index (χ2v) is 8.25. The Hall–Kier alpha value is -1.30. The lowest BCUT2D eigenvalue weighted by atomic mass is 10.0. The van der Waals surface area contributed by atoms with Gasteiger partial charge < -0.3 is 10.1 Å². The van der Waals surface area contributed by atoms with Crippen molar-refractivity contribution in [1.82, 2.24) is 10.2 Å². The minimum Gasteiger partial charge on any atom is -0.374 e. The Morgan fingerprint density at radius 2 is 1.93 bits per heavy atom. The predicted molar refractivity (Wildman–Crippen MR) is 114 cm³/mol. The van der Waals surface area contributed by atoms with Crippen molar-refractivity contribution in [2.45, 2.75) is 25.5 Å². The van der Waals surface area contributed by atoms with Gasteiger partial charge in [0.1, 0.15) is 0 Å². The molecular formula is C21H23Cl3N2O2. The summed E-state index contributed by atoms with van der Waals surface area (Å²) in [6.45, 7) is 5.35. The summed E-state index contributed by atoms with van der Waals surface area (Å²) in [5.41, 5.74) is 2.04. The van der Waals surface area contributed by atoms with Crippen molar-refractivity contribution in [2.24, 2.45) is 0 Å². The SMILES string of the molecule is CC(C(=O)NCC1CN(Cc2ccc(Cl)c(Cl)c2)CCO1)c1ccc(Cl)cc1. The van der Waals surface area contributed by atoms with Crippen LogP contribution in [0.25, 0.3) is 0 Å². The van der Waals surface area contributed by atoms with E-state index in [1.54, 1.807) is 12.1 Å². The highest BCUT2D eigenvalue weighted by Crippen LogP contribution is 2.24. The maximum atomic E-state index is 12.5. The number of hydrogen-bond donors (Lipinski definition) is 1. The molecule has 0 saturated carbocycles. The molecule has 0 radical (unpaired) electrons. The number of nitrogens with one attached hydrogen (secondary N) is 1. The summed E-state index contributed by atoms with van der Waals surface area (Å²) in [4.78, 5) is 14.8. The second-order valence-electron chi connectivity index (χ2n) is 6.99. The largest absolute Gasteiger partial charge is 0.374 e. The molecule has 0 aromatic heterocycles. The molecule has 1 fully saturated rings. The van der Waals surface area contributed by atoms with Crippen LogP contribution in [0.3, 0.4) is 0 Å². The van der Waals surface area contributed by atoms with Crippen LogP contribution in [0.5, 0.6) is 0 Å². The molecule has 0 aliphatic carbocycles. The van der Waals surface area contributed by atoms with Gasteiger partial charge in [-0.15, -0.1) is 0 Å². The van der Waals surface area contributed by atoms with Crippen LogP contribution in [0.4, 0.5) is 0 Å². The Kier molecular flexibility index (Phi) is 7.61. The maximum absolute atomic E-state index is 12.5. The Morgan fingerprint density at radius 1 is 1.18 bits per heavy atom. The zero-order chi connectivity index (χ0) is 20.1. The molecule has 1 N–H and O–H groups in total. The molecule has 2 aromatic rings. The minimum absolute atomic E-state index is 0.0208. The molecule has 4 nitrogen and oxygen atoms in total.